The molecule has 0 saturated heterocycles. The zero-order chi connectivity index (χ0) is 16.5. The van der Waals surface area contributed by atoms with E-state index in [4.69, 9.17) is 4.65 Å². The van der Waals surface area contributed by atoms with Crippen LogP contribution in [0.5, 0.6) is 0 Å². The second kappa shape index (κ2) is 5.94. The number of hydrogen-bond donors (Lipinski definition) is 1. The van der Waals surface area contributed by atoms with Gasteiger partial charge in [0, 0.05) is 11.0 Å². The highest BCUT2D eigenvalue weighted by Gasteiger charge is 2.35. The van der Waals surface area contributed by atoms with Crippen molar-refractivity contribution in [1.29, 1.82) is 0 Å². The fraction of sp³-hybridized carbons (Fsp3) is 0.588. The molecule has 0 amide bonds. The van der Waals surface area contributed by atoms with Crippen LogP contribution < -0.4 is 5.46 Å². The second-order valence-electron chi connectivity index (χ2n) is 7.63. The van der Waals surface area contributed by atoms with Crippen molar-refractivity contribution in [3.8, 4) is 0 Å². The van der Waals surface area contributed by atoms with Crippen molar-refractivity contribution >= 4 is 18.7 Å². The Labute approximate surface area is 129 Å². The van der Waals surface area contributed by atoms with Crippen molar-refractivity contribution in [2.45, 2.75) is 59.7 Å². The number of carbonyl (C=O) groups excluding carboxylic acids is 1. The zero-order valence-electron chi connectivity index (χ0n) is 14.3. The summed E-state index contributed by atoms with van der Waals surface area (Å²) >= 11 is 0. The molecule has 0 spiro atoms. The molecule has 1 N–H and O–H groups in total. The predicted octanol–water partition coefficient (Wildman–Crippen LogP) is 2.46. The van der Waals surface area contributed by atoms with E-state index in [1.165, 1.54) is 0 Å². The summed E-state index contributed by atoms with van der Waals surface area (Å²) in [6.45, 7) is 12.9. The zero-order valence-corrected chi connectivity index (χ0v) is 14.3. The first-order valence-electron chi connectivity index (χ1n) is 7.35. The third-order valence-corrected chi connectivity index (χ3v) is 3.97. The Hall–Kier alpha value is -1.13. The lowest BCUT2D eigenvalue weighted by Gasteiger charge is -2.37. The number of hydrogen-bond acceptors (Lipinski definition) is 3. The molecule has 0 atom stereocenters. The van der Waals surface area contributed by atoms with Crippen molar-refractivity contribution in [2.75, 3.05) is 0 Å². The van der Waals surface area contributed by atoms with Crippen molar-refractivity contribution in [3.63, 3.8) is 0 Å². The number of carbonyl (C=O) groups is 1. The molecule has 0 bridgehead atoms. The largest absolute Gasteiger partial charge is 0.427 e. The standard InChI is InChI=1S/C17H27BO3/c1-15(2,3)14(19)12-8-10-13(11-9-12)18-21-17(6,7)16(4,5)20/h8-11,18,20H,1-7H3. The van der Waals surface area contributed by atoms with Crippen molar-refractivity contribution in [2.24, 2.45) is 5.41 Å². The van der Waals surface area contributed by atoms with Crippen LogP contribution in [0.3, 0.4) is 0 Å². The number of ketones is 1. The smallest absolute Gasteiger partial charge is 0.309 e. The predicted molar refractivity (Wildman–Crippen MR) is 88.5 cm³/mol. The maximum Gasteiger partial charge on any atom is 0.309 e. The van der Waals surface area contributed by atoms with Crippen LogP contribution in [0.15, 0.2) is 24.3 Å². The Bertz CT molecular complexity index is 490. The first kappa shape index (κ1) is 17.9. The van der Waals surface area contributed by atoms with Crippen LogP contribution in [0.2, 0.25) is 0 Å². The van der Waals surface area contributed by atoms with Gasteiger partial charge in [-0.3, -0.25) is 4.79 Å². The van der Waals surface area contributed by atoms with E-state index >= 15 is 0 Å². The molecule has 3 nitrogen and oxygen atoms in total. The van der Waals surface area contributed by atoms with Crippen LogP contribution in [0.25, 0.3) is 0 Å². The molecule has 0 aliphatic heterocycles. The van der Waals surface area contributed by atoms with E-state index in [1.54, 1.807) is 13.8 Å². The van der Waals surface area contributed by atoms with Crippen LogP contribution in [0, 0.1) is 5.41 Å². The van der Waals surface area contributed by atoms with E-state index in [9.17, 15) is 9.90 Å². The highest BCUT2D eigenvalue weighted by atomic mass is 16.5. The molecule has 21 heavy (non-hydrogen) atoms. The van der Waals surface area contributed by atoms with Gasteiger partial charge in [-0.05, 0) is 27.7 Å². The summed E-state index contributed by atoms with van der Waals surface area (Å²) in [5.41, 5.74) is -0.242. The third kappa shape index (κ3) is 4.68. The van der Waals surface area contributed by atoms with Gasteiger partial charge in [0.2, 0.25) is 0 Å². The van der Waals surface area contributed by atoms with E-state index in [-0.39, 0.29) is 11.2 Å². The summed E-state index contributed by atoms with van der Waals surface area (Å²) in [6, 6.07) is 7.48. The highest BCUT2D eigenvalue weighted by molar-refractivity contribution is 6.47. The fourth-order valence-electron chi connectivity index (χ4n) is 1.63. The first-order valence-corrected chi connectivity index (χ1v) is 7.35. The SMILES string of the molecule is CC(C)(C)C(=O)c1ccc(BOC(C)(C)C(C)(C)O)cc1. The van der Waals surface area contributed by atoms with Crippen LogP contribution in [-0.4, -0.2) is 29.6 Å². The minimum atomic E-state index is -0.921. The van der Waals surface area contributed by atoms with Gasteiger partial charge in [-0.2, -0.15) is 0 Å². The normalized spacial score (nSPS) is 13.1. The fourth-order valence-corrected chi connectivity index (χ4v) is 1.63. The van der Waals surface area contributed by atoms with Crippen molar-refractivity contribution < 1.29 is 14.6 Å². The Morgan fingerprint density at radius 1 is 1.00 bits per heavy atom. The molecule has 0 aromatic heterocycles. The van der Waals surface area contributed by atoms with E-state index in [1.807, 2.05) is 58.9 Å². The van der Waals surface area contributed by atoms with Crippen molar-refractivity contribution in [1.82, 2.24) is 0 Å². The van der Waals surface area contributed by atoms with Gasteiger partial charge in [0.1, 0.15) is 0 Å². The Kier molecular flexibility index (Phi) is 5.07. The van der Waals surface area contributed by atoms with E-state index in [2.05, 4.69) is 0 Å². The molecule has 0 unspecified atom stereocenters. The number of aliphatic hydroxyl groups is 1. The minimum Gasteiger partial charge on any atom is -0.427 e. The molecule has 0 aliphatic carbocycles. The lowest BCUT2D eigenvalue weighted by atomic mass is 9.81. The van der Waals surface area contributed by atoms with Gasteiger partial charge < -0.3 is 9.76 Å². The molecule has 116 valence electrons. The molecule has 1 aromatic carbocycles. The average molecular weight is 290 g/mol. The maximum atomic E-state index is 12.2. The molecule has 0 fully saturated rings. The van der Waals surface area contributed by atoms with Crippen LogP contribution >= 0.6 is 0 Å². The molecule has 0 saturated carbocycles. The van der Waals surface area contributed by atoms with Gasteiger partial charge in [-0.1, -0.05) is 50.5 Å². The monoisotopic (exact) mass is 290 g/mol. The van der Waals surface area contributed by atoms with E-state index in [0.29, 0.717) is 13.0 Å². The number of benzene rings is 1. The third-order valence-electron chi connectivity index (χ3n) is 3.97. The van der Waals surface area contributed by atoms with Gasteiger partial charge in [-0.15, -0.1) is 0 Å². The molecule has 1 aromatic rings. The van der Waals surface area contributed by atoms with Gasteiger partial charge in [0.25, 0.3) is 0 Å². The van der Waals surface area contributed by atoms with Gasteiger partial charge in [0.15, 0.2) is 5.78 Å². The number of Topliss-reactive ketones (excluding diaryl/α,β-unsaturated/α-hetero) is 1. The molecule has 0 heterocycles. The summed E-state index contributed by atoms with van der Waals surface area (Å²) < 4.78 is 5.81. The Morgan fingerprint density at radius 3 is 1.86 bits per heavy atom. The summed E-state index contributed by atoms with van der Waals surface area (Å²) in [5.74, 6) is 0.131. The second-order valence-corrected chi connectivity index (χ2v) is 7.63. The summed E-state index contributed by atoms with van der Waals surface area (Å²) in [5, 5.41) is 10.1. The van der Waals surface area contributed by atoms with Gasteiger partial charge >= 0.3 is 7.48 Å². The lowest BCUT2D eigenvalue weighted by Crippen LogP contribution is -2.49. The van der Waals surface area contributed by atoms with Gasteiger partial charge in [0.05, 0.1) is 11.2 Å². The van der Waals surface area contributed by atoms with Gasteiger partial charge in [-0.25, -0.2) is 0 Å². The summed E-state index contributed by atoms with van der Waals surface area (Å²) in [7, 11) is 0.404. The molecular formula is C17H27BO3. The lowest BCUT2D eigenvalue weighted by molar-refractivity contribution is -0.0893. The molecule has 0 aliphatic rings. The first-order chi connectivity index (χ1) is 9.34. The topological polar surface area (TPSA) is 46.5 Å². The van der Waals surface area contributed by atoms with Crippen LogP contribution in [-0.2, 0) is 4.65 Å². The van der Waals surface area contributed by atoms with Crippen LogP contribution in [0.1, 0.15) is 58.8 Å². The quantitative estimate of drug-likeness (QED) is 0.669. The highest BCUT2D eigenvalue weighted by Crippen LogP contribution is 2.24. The molecule has 1 rings (SSSR count). The average Bonchev–Trinajstić information content (AvgIpc) is 2.34. The molecule has 0 radical (unpaired) electrons. The minimum absolute atomic E-state index is 0.131. The Balaban J connectivity index is 2.75. The van der Waals surface area contributed by atoms with Crippen molar-refractivity contribution in [3.05, 3.63) is 29.8 Å². The maximum absolute atomic E-state index is 12.2. The molecular weight excluding hydrogens is 263 g/mol. The van der Waals surface area contributed by atoms with Crippen LogP contribution in [0.4, 0.5) is 0 Å². The van der Waals surface area contributed by atoms with E-state index < -0.39 is 11.2 Å². The van der Waals surface area contributed by atoms with E-state index in [0.717, 1.165) is 5.46 Å². The number of rotatable bonds is 5. The summed E-state index contributed by atoms with van der Waals surface area (Å²) in [6.07, 6.45) is 0. The molecule has 4 heteroatoms. The Morgan fingerprint density at radius 2 is 1.48 bits per heavy atom. The summed E-state index contributed by atoms with van der Waals surface area (Å²) in [4.78, 5) is 12.2.